The number of halogens is 1. The van der Waals surface area contributed by atoms with Gasteiger partial charge in [0.25, 0.3) is 11.8 Å². The van der Waals surface area contributed by atoms with Gasteiger partial charge in [-0.15, -0.1) is 0 Å². The fourth-order valence-electron chi connectivity index (χ4n) is 1.63. The normalized spacial score (nSPS) is 9.91. The smallest absolute Gasteiger partial charge is 0.286 e. The molecule has 2 aromatic rings. The highest BCUT2D eigenvalue weighted by Gasteiger charge is 2.09. The molecule has 0 unspecified atom stereocenters. The zero-order valence-corrected chi connectivity index (χ0v) is 13.4. The number of aromatic nitrogens is 1. The SMILES string of the molecule is COc1ccc(NCC(=O)NNC(=O)c2cc(Br)c[nH]2)cc1. The molecule has 0 aliphatic carbocycles. The first kappa shape index (κ1) is 15.9. The van der Waals surface area contributed by atoms with E-state index in [1.165, 1.54) is 0 Å². The van der Waals surface area contributed by atoms with Gasteiger partial charge in [-0.1, -0.05) is 0 Å². The van der Waals surface area contributed by atoms with Crippen molar-refractivity contribution in [3.63, 3.8) is 0 Å². The minimum Gasteiger partial charge on any atom is -0.497 e. The summed E-state index contributed by atoms with van der Waals surface area (Å²) in [5.41, 5.74) is 5.75. The lowest BCUT2D eigenvalue weighted by atomic mass is 10.3. The zero-order valence-electron chi connectivity index (χ0n) is 11.8. The molecule has 0 bridgehead atoms. The van der Waals surface area contributed by atoms with E-state index >= 15 is 0 Å². The highest BCUT2D eigenvalue weighted by molar-refractivity contribution is 9.10. The van der Waals surface area contributed by atoms with Gasteiger partial charge in [0.2, 0.25) is 0 Å². The summed E-state index contributed by atoms with van der Waals surface area (Å²) in [5, 5.41) is 2.93. The molecule has 0 aliphatic heterocycles. The van der Waals surface area contributed by atoms with Crippen LogP contribution in [0.4, 0.5) is 5.69 Å². The molecule has 0 fully saturated rings. The quantitative estimate of drug-likeness (QED) is 0.605. The molecule has 2 rings (SSSR count). The summed E-state index contributed by atoms with van der Waals surface area (Å²) in [6.45, 7) is 0.0288. The molecule has 0 saturated carbocycles. The Kier molecular flexibility index (Phi) is 5.42. The first-order chi connectivity index (χ1) is 10.6. The average Bonchev–Trinajstić information content (AvgIpc) is 2.97. The van der Waals surface area contributed by atoms with Crippen LogP contribution in [0.25, 0.3) is 0 Å². The number of amides is 2. The molecule has 4 N–H and O–H groups in total. The predicted octanol–water partition coefficient (Wildman–Crippen LogP) is 1.66. The second-order valence-electron chi connectivity index (χ2n) is 4.32. The van der Waals surface area contributed by atoms with Gasteiger partial charge >= 0.3 is 0 Å². The van der Waals surface area contributed by atoms with E-state index in [-0.39, 0.29) is 12.5 Å². The molecule has 0 spiro atoms. The van der Waals surface area contributed by atoms with Crippen molar-refractivity contribution in [2.24, 2.45) is 0 Å². The third-order valence-electron chi connectivity index (χ3n) is 2.75. The van der Waals surface area contributed by atoms with E-state index in [1.54, 1.807) is 43.6 Å². The van der Waals surface area contributed by atoms with Crippen molar-refractivity contribution in [3.8, 4) is 5.75 Å². The number of anilines is 1. The molecule has 116 valence electrons. The molecule has 8 heteroatoms. The van der Waals surface area contributed by atoms with Crippen molar-refractivity contribution in [2.45, 2.75) is 0 Å². The van der Waals surface area contributed by atoms with Crippen LogP contribution in [0, 0.1) is 0 Å². The van der Waals surface area contributed by atoms with Crippen LogP contribution < -0.4 is 20.9 Å². The van der Waals surface area contributed by atoms with Crippen molar-refractivity contribution in [2.75, 3.05) is 19.0 Å². The lowest BCUT2D eigenvalue weighted by molar-refractivity contribution is -0.120. The molecule has 1 heterocycles. The maximum atomic E-state index is 11.7. The number of carbonyl (C=O) groups is 2. The molecule has 7 nitrogen and oxygen atoms in total. The van der Waals surface area contributed by atoms with Crippen LogP contribution in [0.15, 0.2) is 41.0 Å². The number of nitrogens with one attached hydrogen (secondary N) is 4. The Labute approximate surface area is 135 Å². The van der Waals surface area contributed by atoms with E-state index < -0.39 is 5.91 Å². The number of aromatic amines is 1. The van der Waals surface area contributed by atoms with Gasteiger partial charge in [0.15, 0.2) is 0 Å². The van der Waals surface area contributed by atoms with E-state index in [0.717, 1.165) is 15.9 Å². The summed E-state index contributed by atoms with van der Waals surface area (Å²) in [4.78, 5) is 26.1. The van der Waals surface area contributed by atoms with Crippen LogP contribution in [-0.4, -0.2) is 30.5 Å². The van der Waals surface area contributed by atoms with Crippen LogP contribution in [0.5, 0.6) is 5.75 Å². The summed E-state index contributed by atoms with van der Waals surface area (Å²) in [5.74, 6) is -0.0577. The number of hydrazine groups is 1. The minimum atomic E-state index is -0.427. The van der Waals surface area contributed by atoms with Gasteiger partial charge in [-0.2, -0.15) is 0 Å². The van der Waals surface area contributed by atoms with Gasteiger partial charge in [0.1, 0.15) is 11.4 Å². The standard InChI is InChI=1S/C14H15BrN4O3/c1-22-11-4-2-10(3-5-11)16-8-13(20)18-19-14(21)12-6-9(15)7-17-12/h2-7,16-17H,8H2,1H3,(H,18,20)(H,19,21). The summed E-state index contributed by atoms with van der Waals surface area (Å²) in [6.07, 6.45) is 1.63. The molecule has 0 radical (unpaired) electrons. The molecular weight excluding hydrogens is 352 g/mol. The number of methoxy groups -OCH3 is 1. The van der Waals surface area contributed by atoms with Crippen LogP contribution in [0.1, 0.15) is 10.5 Å². The largest absolute Gasteiger partial charge is 0.497 e. The van der Waals surface area contributed by atoms with Crippen molar-refractivity contribution in [1.29, 1.82) is 0 Å². The number of carbonyl (C=O) groups excluding carboxylic acids is 2. The van der Waals surface area contributed by atoms with Crippen molar-refractivity contribution in [3.05, 3.63) is 46.7 Å². The van der Waals surface area contributed by atoms with Crippen LogP contribution in [-0.2, 0) is 4.79 Å². The van der Waals surface area contributed by atoms with Crippen LogP contribution in [0.3, 0.4) is 0 Å². The summed E-state index contributed by atoms with van der Waals surface area (Å²) >= 11 is 3.22. The first-order valence-electron chi connectivity index (χ1n) is 6.39. The van der Waals surface area contributed by atoms with Crippen LogP contribution >= 0.6 is 15.9 Å². The number of ether oxygens (including phenoxy) is 1. The highest BCUT2D eigenvalue weighted by Crippen LogP contribution is 2.14. The minimum absolute atomic E-state index is 0.0288. The molecule has 1 aromatic heterocycles. The van der Waals surface area contributed by atoms with Gasteiger partial charge < -0.3 is 15.0 Å². The number of H-pyrrole nitrogens is 1. The molecule has 0 atom stereocenters. The fourth-order valence-corrected chi connectivity index (χ4v) is 1.97. The monoisotopic (exact) mass is 366 g/mol. The Morgan fingerprint density at radius 1 is 1.23 bits per heavy atom. The molecule has 1 aromatic carbocycles. The molecular formula is C14H15BrN4O3. The Morgan fingerprint density at radius 3 is 2.55 bits per heavy atom. The third-order valence-corrected chi connectivity index (χ3v) is 3.21. The topological polar surface area (TPSA) is 95.2 Å². The number of hydrogen-bond acceptors (Lipinski definition) is 4. The Bertz CT molecular complexity index is 654. The first-order valence-corrected chi connectivity index (χ1v) is 7.19. The zero-order chi connectivity index (χ0) is 15.9. The van der Waals surface area contributed by atoms with Crippen molar-refractivity contribution >= 4 is 33.4 Å². The van der Waals surface area contributed by atoms with Gasteiger partial charge in [0, 0.05) is 16.4 Å². The molecule has 2 amide bonds. The Balaban J connectivity index is 1.74. The lowest BCUT2D eigenvalue weighted by Crippen LogP contribution is -2.44. The van der Waals surface area contributed by atoms with E-state index in [1.807, 2.05) is 0 Å². The van der Waals surface area contributed by atoms with Gasteiger partial charge in [-0.25, -0.2) is 0 Å². The third kappa shape index (κ3) is 4.52. The molecule has 0 saturated heterocycles. The van der Waals surface area contributed by atoms with Crippen LogP contribution in [0.2, 0.25) is 0 Å². The van der Waals surface area contributed by atoms with Crippen molar-refractivity contribution in [1.82, 2.24) is 15.8 Å². The second kappa shape index (κ2) is 7.51. The Morgan fingerprint density at radius 2 is 1.95 bits per heavy atom. The van der Waals surface area contributed by atoms with Gasteiger partial charge in [0.05, 0.1) is 13.7 Å². The molecule has 22 heavy (non-hydrogen) atoms. The van der Waals surface area contributed by atoms with E-state index in [0.29, 0.717) is 5.69 Å². The van der Waals surface area contributed by atoms with E-state index in [2.05, 4.69) is 37.1 Å². The summed E-state index contributed by atoms with van der Waals surface area (Å²) < 4.78 is 5.80. The van der Waals surface area contributed by atoms with E-state index in [4.69, 9.17) is 4.74 Å². The summed E-state index contributed by atoms with van der Waals surface area (Å²) in [6, 6.07) is 8.76. The highest BCUT2D eigenvalue weighted by atomic mass is 79.9. The number of benzene rings is 1. The number of hydrogen-bond donors (Lipinski definition) is 4. The van der Waals surface area contributed by atoms with Gasteiger partial charge in [-0.3, -0.25) is 20.4 Å². The maximum absolute atomic E-state index is 11.7. The Hall–Kier alpha value is -2.48. The fraction of sp³-hybridized carbons (Fsp3) is 0.143. The molecule has 0 aliphatic rings. The predicted molar refractivity (Wildman–Crippen MR) is 85.6 cm³/mol. The van der Waals surface area contributed by atoms with Crippen molar-refractivity contribution < 1.29 is 14.3 Å². The summed E-state index contributed by atoms with van der Waals surface area (Å²) in [7, 11) is 1.58. The number of rotatable bonds is 5. The van der Waals surface area contributed by atoms with E-state index in [9.17, 15) is 9.59 Å². The maximum Gasteiger partial charge on any atom is 0.286 e. The van der Waals surface area contributed by atoms with Gasteiger partial charge in [-0.05, 0) is 46.3 Å². The average molecular weight is 367 g/mol. The lowest BCUT2D eigenvalue weighted by Gasteiger charge is -2.09. The second-order valence-corrected chi connectivity index (χ2v) is 5.23.